The number of alkyl halides is 3. The molecule has 0 aliphatic heterocycles. The van der Waals surface area contributed by atoms with E-state index in [2.05, 4.69) is 15.5 Å². The fourth-order valence-electron chi connectivity index (χ4n) is 2.34. The summed E-state index contributed by atoms with van der Waals surface area (Å²) in [5.74, 6) is -1.08. The third-order valence-corrected chi connectivity index (χ3v) is 4.56. The van der Waals surface area contributed by atoms with E-state index in [1.807, 2.05) is 0 Å². The van der Waals surface area contributed by atoms with Crippen molar-refractivity contribution in [3.63, 3.8) is 0 Å². The van der Waals surface area contributed by atoms with Gasteiger partial charge in [-0.2, -0.15) is 13.2 Å². The Hall–Kier alpha value is -2.94. The van der Waals surface area contributed by atoms with E-state index >= 15 is 0 Å². The number of para-hydroxylation sites is 1. The van der Waals surface area contributed by atoms with E-state index in [1.54, 1.807) is 24.3 Å². The van der Waals surface area contributed by atoms with Crippen LogP contribution in [-0.4, -0.2) is 21.9 Å². The van der Waals surface area contributed by atoms with Gasteiger partial charge in [0.05, 0.1) is 22.7 Å². The Morgan fingerprint density at radius 3 is 2.32 bits per heavy atom. The minimum atomic E-state index is -4.56. The minimum absolute atomic E-state index is 0.128. The molecule has 1 aromatic heterocycles. The van der Waals surface area contributed by atoms with Gasteiger partial charge in [-0.25, -0.2) is 4.39 Å². The standard InChI is InChI=1S/C19H13F4N3OS/c20-13-7-5-12(6-8-13)15-9-10-18(26-25-15)28-11-17(27)24-16-4-2-1-3-14(16)19(21,22)23/h1-10H,11H2,(H,24,27). The number of amides is 1. The number of carbonyl (C=O) groups excluding carboxylic acids is 1. The molecule has 1 N–H and O–H groups in total. The number of nitrogens with one attached hydrogen (secondary N) is 1. The van der Waals surface area contributed by atoms with Gasteiger partial charge in [0.2, 0.25) is 5.91 Å². The Labute approximate surface area is 162 Å². The smallest absolute Gasteiger partial charge is 0.325 e. The van der Waals surface area contributed by atoms with Gasteiger partial charge in [0.1, 0.15) is 10.8 Å². The molecule has 0 bridgehead atoms. The van der Waals surface area contributed by atoms with Crippen LogP contribution in [0.3, 0.4) is 0 Å². The zero-order valence-corrected chi connectivity index (χ0v) is 15.0. The predicted molar refractivity (Wildman–Crippen MR) is 98.2 cm³/mol. The highest BCUT2D eigenvalue weighted by atomic mass is 32.2. The lowest BCUT2D eigenvalue weighted by molar-refractivity contribution is -0.137. The molecule has 0 aliphatic rings. The molecule has 0 atom stereocenters. The van der Waals surface area contributed by atoms with Crippen molar-refractivity contribution in [2.75, 3.05) is 11.1 Å². The maximum atomic E-state index is 13.0. The highest BCUT2D eigenvalue weighted by Crippen LogP contribution is 2.34. The van der Waals surface area contributed by atoms with Crippen LogP contribution in [0.25, 0.3) is 11.3 Å². The number of hydrogen-bond donors (Lipinski definition) is 1. The molecule has 9 heteroatoms. The average Bonchev–Trinajstić information content (AvgIpc) is 2.67. The van der Waals surface area contributed by atoms with Gasteiger partial charge < -0.3 is 5.32 Å². The molecule has 0 fully saturated rings. The van der Waals surface area contributed by atoms with Gasteiger partial charge in [0.25, 0.3) is 0 Å². The molecule has 0 spiro atoms. The van der Waals surface area contributed by atoms with Crippen LogP contribution in [0.4, 0.5) is 23.2 Å². The van der Waals surface area contributed by atoms with Gasteiger partial charge in [-0.1, -0.05) is 23.9 Å². The Kier molecular flexibility index (Phi) is 5.93. The summed E-state index contributed by atoms with van der Waals surface area (Å²) in [6.07, 6.45) is -4.56. The van der Waals surface area contributed by atoms with Gasteiger partial charge in [-0.15, -0.1) is 10.2 Å². The Balaban J connectivity index is 1.60. The SMILES string of the molecule is O=C(CSc1ccc(-c2ccc(F)cc2)nn1)Nc1ccccc1C(F)(F)F. The van der Waals surface area contributed by atoms with Crippen LogP contribution in [0.15, 0.2) is 65.7 Å². The number of hydrogen-bond acceptors (Lipinski definition) is 4. The summed E-state index contributed by atoms with van der Waals surface area (Å²) in [6, 6.07) is 13.8. The van der Waals surface area contributed by atoms with Crippen molar-refractivity contribution in [1.29, 1.82) is 0 Å². The predicted octanol–water partition coefficient (Wildman–Crippen LogP) is 5.03. The normalized spacial score (nSPS) is 11.3. The first-order valence-electron chi connectivity index (χ1n) is 8.01. The Bertz CT molecular complexity index is 960. The first-order valence-corrected chi connectivity index (χ1v) is 9.00. The van der Waals surface area contributed by atoms with Crippen LogP contribution >= 0.6 is 11.8 Å². The fourth-order valence-corrected chi connectivity index (χ4v) is 2.95. The van der Waals surface area contributed by atoms with Crippen molar-refractivity contribution in [1.82, 2.24) is 10.2 Å². The largest absolute Gasteiger partial charge is 0.418 e. The highest BCUT2D eigenvalue weighted by Gasteiger charge is 2.33. The van der Waals surface area contributed by atoms with Crippen molar-refractivity contribution in [3.8, 4) is 11.3 Å². The van der Waals surface area contributed by atoms with Crippen LogP contribution in [0.2, 0.25) is 0 Å². The third-order valence-electron chi connectivity index (χ3n) is 3.64. The monoisotopic (exact) mass is 407 g/mol. The molecule has 0 saturated heterocycles. The van der Waals surface area contributed by atoms with E-state index in [0.29, 0.717) is 16.3 Å². The number of rotatable bonds is 5. The summed E-state index contributed by atoms with van der Waals surface area (Å²) >= 11 is 1.04. The highest BCUT2D eigenvalue weighted by molar-refractivity contribution is 7.99. The molecule has 2 aromatic carbocycles. The van der Waals surface area contributed by atoms with E-state index in [4.69, 9.17) is 0 Å². The lowest BCUT2D eigenvalue weighted by atomic mass is 10.1. The van der Waals surface area contributed by atoms with Crippen molar-refractivity contribution in [3.05, 3.63) is 72.0 Å². The maximum absolute atomic E-state index is 13.0. The lowest BCUT2D eigenvalue weighted by Gasteiger charge is -2.13. The summed E-state index contributed by atoms with van der Waals surface area (Å²) in [6.45, 7) is 0. The summed E-state index contributed by atoms with van der Waals surface area (Å²) in [7, 11) is 0. The molecule has 144 valence electrons. The van der Waals surface area contributed by atoms with Crippen molar-refractivity contribution in [2.24, 2.45) is 0 Å². The van der Waals surface area contributed by atoms with Gasteiger partial charge >= 0.3 is 6.18 Å². The number of anilines is 1. The van der Waals surface area contributed by atoms with Gasteiger partial charge in [0.15, 0.2) is 0 Å². The second kappa shape index (κ2) is 8.39. The van der Waals surface area contributed by atoms with Crippen molar-refractivity contribution in [2.45, 2.75) is 11.2 Å². The second-order valence-corrected chi connectivity index (χ2v) is 6.64. The molecule has 28 heavy (non-hydrogen) atoms. The molecule has 0 radical (unpaired) electrons. The average molecular weight is 407 g/mol. The van der Waals surface area contributed by atoms with Crippen LogP contribution in [0, 0.1) is 5.82 Å². The summed E-state index contributed by atoms with van der Waals surface area (Å²) in [5, 5.41) is 10.7. The summed E-state index contributed by atoms with van der Waals surface area (Å²) < 4.78 is 51.8. The Morgan fingerprint density at radius 1 is 0.964 bits per heavy atom. The lowest BCUT2D eigenvalue weighted by Crippen LogP contribution is -2.18. The van der Waals surface area contributed by atoms with Gasteiger partial charge in [-0.05, 0) is 48.5 Å². The van der Waals surface area contributed by atoms with Crippen molar-refractivity contribution >= 4 is 23.4 Å². The van der Waals surface area contributed by atoms with Crippen LogP contribution in [0.1, 0.15) is 5.56 Å². The van der Waals surface area contributed by atoms with Crippen molar-refractivity contribution < 1.29 is 22.4 Å². The number of halogens is 4. The molecule has 3 rings (SSSR count). The van der Waals surface area contributed by atoms with Crippen LogP contribution < -0.4 is 5.32 Å². The van der Waals surface area contributed by atoms with E-state index in [-0.39, 0.29) is 17.3 Å². The Morgan fingerprint density at radius 2 is 1.68 bits per heavy atom. The molecule has 1 amide bonds. The van der Waals surface area contributed by atoms with E-state index in [9.17, 15) is 22.4 Å². The van der Waals surface area contributed by atoms with E-state index in [0.717, 1.165) is 17.8 Å². The second-order valence-electron chi connectivity index (χ2n) is 5.64. The van der Waals surface area contributed by atoms with E-state index < -0.39 is 17.6 Å². The van der Waals surface area contributed by atoms with Gasteiger partial charge in [-0.3, -0.25) is 4.79 Å². The molecule has 0 unspecified atom stereocenters. The first-order chi connectivity index (χ1) is 13.3. The number of benzene rings is 2. The first kappa shape index (κ1) is 19.8. The minimum Gasteiger partial charge on any atom is -0.325 e. The molecule has 0 aliphatic carbocycles. The quantitative estimate of drug-likeness (QED) is 0.476. The van der Waals surface area contributed by atoms with Gasteiger partial charge in [0, 0.05) is 5.56 Å². The molecule has 3 aromatic rings. The topological polar surface area (TPSA) is 54.9 Å². The molecule has 0 saturated carbocycles. The number of nitrogens with zero attached hydrogens (tertiary/aromatic N) is 2. The zero-order chi connectivity index (χ0) is 20.1. The van der Waals surface area contributed by atoms with Crippen LogP contribution in [0.5, 0.6) is 0 Å². The molecular weight excluding hydrogens is 394 g/mol. The number of carbonyl (C=O) groups is 1. The number of thioether (sulfide) groups is 1. The maximum Gasteiger partial charge on any atom is 0.418 e. The summed E-state index contributed by atoms with van der Waals surface area (Å²) in [5.41, 5.74) is 0.0231. The third kappa shape index (κ3) is 5.07. The summed E-state index contributed by atoms with van der Waals surface area (Å²) in [4.78, 5) is 12.0. The molecule has 1 heterocycles. The van der Waals surface area contributed by atoms with E-state index in [1.165, 1.54) is 30.3 Å². The molecule has 4 nitrogen and oxygen atoms in total. The number of aromatic nitrogens is 2. The fraction of sp³-hybridized carbons (Fsp3) is 0.105. The van der Waals surface area contributed by atoms with Crippen LogP contribution in [-0.2, 0) is 11.0 Å². The molecular formula is C19H13F4N3OS. The zero-order valence-electron chi connectivity index (χ0n) is 14.2.